The van der Waals surface area contributed by atoms with Gasteiger partial charge in [0.1, 0.15) is 12.4 Å². The van der Waals surface area contributed by atoms with Crippen LogP contribution in [0.2, 0.25) is 0 Å². The van der Waals surface area contributed by atoms with Gasteiger partial charge in [0.2, 0.25) is 5.91 Å². The van der Waals surface area contributed by atoms with Gasteiger partial charge in [0.05, 0.1) is 11.0 Å². The molecule has 0 aliphatic heterocycles. The molecule has 0 atom stereocenters. The summed E-state index contributed by atoms with van der Waals surface area (Å²) in [5.74, 6) is 0.308. The molecular weight excluding hydrogens is 326 g/mol. The third-order valence-corrected chi connectivity index (χ3v) is 4.36. The summed E-state index contributed by atoms with van der Waals surface area (Å²) in [6, 6.07) is 18.4. The molecule has 0 fully saturated rings. The maximum absolute atomic E-state index is 12.8. The van der Waals surface area contributed by atoms with Gasteiger partial charge in [-0.15, -0.1) is 0 Å². The summed E-state index contributed by atoms with van der Waals surface area (Å²) in [7, 11) is 0. The molecule has 0 spiro atoms. The van der Waals surface area contributed by atoms with Gasteiger partial charge in [-0.25, -0.2) is 4.98 Å². The van der Waals surface area contributed by atoms with Crippen LogP contribution in [0, 0.1) is 6.92 Å². The largest absolute Gasteiger partial charge is 0.331 e. The van der Waals surface area contributed by atoms with E-state index in [4.69, 9.17) is 0 Å². The zero-order valence-electron chi connectivity index (χ0n) is 14.3. The number of amides is 1. The first-order valence-corrected chi connectivity index (χ1v) is 8.36. The summed E-state index contributed by atoms with van der Waals surface area (Å²) < 4.78 is 1.88. The molecule has 1 N–H and O–H groups in total. The molecule has 0 saturated carbocycles. The minimum atomic E-state index is -0.195. The molecule has 0 radical (unpaired) electrons. The van der Waals surface area contributed by atoms with Gasteiger partial charge >= 0.3 is 0 Å². The Morgan fingerprint density at radius 3 is 2.58 bits per heavy atom. The van der Waals surface area contributed by atoms with E-state index in [-0.39, 0.29) is 17.9 Å². The van der Waals surface area contributed by atoms with E-state index in [0.717, 1.165) is 16.6 Å². The lowest BCUT2D eigenvalue weighted by Crippen LogP contribution is -2.22. The van der Waals surface area contributed by atoms with Crippen LogP contribution < -0.4 is 10.7 Å². The monoisotopic (exact) mass is 343 g/mol. The van der Waals surface area contributed by atoms with E-state index in [2.05, 4.69) is 10.3 Å². The van der Waals surface area contributed by atoms with Crippen molar-refractivity contribution < 1.29 is 4.79 Å². The zero-order valence-corrected chi connectivity index (χ0v) is 14.3. The molecule has 0 bridgehead atoms. The lowest BCUT2D eigenvalue weighted by Gasteiger charge is -2.15. The van der Waals surface area contributed by atoms with E-state index in [1.54, 1.807) is 24.4 Å². The van der Waals surface area contributed by atoms with Gasteiger partial charge < -0.3 is 9.88 Å². The summed E-state index contributed by atoms with van der Waals surface area (Å²) in [6.07, 6.45) is 1.63. The maximum Gasteiger partial charge on any atom is 0.245 e. The minimum absolute atomic E-state index is 0.0133. The Bertz CT molecular complexity index is 1180. The van der Waals surface area contributed by atoms with E-state index in [1.165, 1.54) is 0 Å². The van der Waals surface area contributed by atoms with Crippen molar-refractivity contribution in [2.75, 3.05) is 5.32 Å². The summed E-state index contributed by atoms with van der Waals surface area (Å²) in [5, 5.41) is 4.02. The van der Waals surface area contributed by atoms with Crippen molar-refractivity contribution in [3.05, 3.63) is 82.6 Å². The van der Waals surface area contributed by atoms with Crippen LogP contribution in [0.25, 0.3) is 21.8 Å². The summed E-state index contributed by atoms with van der Waals surface area (Å²) in [6.45, 7) is 2.04. The van der Waals surface area contributed by atoms with Gasteiger partial charge in [0, 0.05) is 17.0 Å². The van der Waals surface area contributed by atoms with Gasteiger partial charge in [-0.1, -0.05) is 29.8 Å². The third-order valence-electron chi connectivity index (χ3n) is 4.36. The molecule has 0 unspecified atom stereocenters. The highest BCUT2D eigenvalue weighted by atomic mass is 16.2. The first kappa shape index (κ1) is 16.0. The van der Waals surface area contributed by atoms with E-state index in [0.29, 0.717) is 16.6 Å². The quantitative estimate of drug-likeness (QED) is 0.579. The highest BCUT2D eigenvalue weighted by Crippen LogP contribution is 2.20. The van der Waals surface area contributed by atoms with Crippen LogP contribution >= 0.6 is 0 Å². The van der Waals surface area contributed by atoms with Gasteiger partial charge in [-0.3, -0.25) is 9.59 Å². The van der Waals surface area contributed by atoms with E-state index in [1.807, 2.05) is 54.0 Å². The van der Waals surface area contributed by atoms with Crippen molar-refractivity contribution in [1.82, 2.24) is 9.55 Å². The van der Waals surface area contributed by atoms with Crippen LogP contribution in [-0.4, -0.2) is 15.5 Å². The Balaban J connectivity index is 1.86. The normalized spacial score (nSPS) is 11.0. The van der Waals surface area contributed by atoms with Crippen LogP contribution in [0.15, 0.2) is 71.7 Å². The fourth-order valence-corrected chi connectivity index (χ4v) is 3.18. The topological polar surface area (TPSA) is 64.0 Å². The molecule has 5 heteroatoms. The van der Waals surface area contributed by atoms with Crippen LogP contribution in [0.5, 0.6) is 0 Å². The highest BCUT2D eigenvalue weighted by molar-refractivity contribution is 5.97. The fraction of sp³-hybridized carbons (Fsp3) is 0.0952. The Kier molecular flexibility index (Phi) is 3.97. The number of rotatable bonds is 3. The smallest absolute Gasteiger partial charge is 0.245 e. The van der Waals surface area contributed by atoms with E-state index >= 15 is 0 Å². The molecule has 2 aromatic heterocycles. The van der Waals surface area contributed by atoms with Crippen LogP contribution in [0.3, 0.4) is 0 Å². The highest BCUT2D eigenvalue weighted by Gasteiger charge is 2.13. The van der Waals surface area contributed by atoms with Crippen molar-refractivity contribution in [1.29, 1.82) is 0 Å². The molecule has 2 aromatic carbocycles. The van der Waals surface area contributed by atoms with Crippen LogP contribution in [0.1, 0.15) is 5.56 Å². The number of nitrogens with zero attached hydrogens (tertiary/aromatic N) is 2. The molecule has 5 nitrogen and oxygen atoms in total. The van der Waals surface area contributed by atoms with Gasteiger partial charge in [-0.2, -0.15) is 0 Å². The second-order valence-electron chi connectivity index (χ2n) is 6.22. The van der Waals surface area contributed by atoms with Crippen molar-refractivity contribution in [3.63, 3.8) is 0 Å². The number of fused-ring (bicyclic) bond motifs is 2. The molecule has 0 saturated heterocycles. The number of aromatic nitrogens is 2. The minimum Gasteiger partial charge on any atom is -0.331 e. The summed E-state index contributed by atoms with van der Waals surface area (Å²) >= 11 is 0. The first-order chi connectivity index (χ1) is 12.6. The second-order valence-corrected chi connectivity index (χ2v) is 6.22. The maximum atomic E-state index is 12.8. The van der Waals surface area contributed by atoms with Gasteiger partial charge in [-0.05, 0) is 43.3 Å². The number of anilines is 1. The predicted octanol–water partition coefficient (Wildman–Crippen LogP) is 3.50. The molecule has 4 aromatic rings. The lowest BCUT2D eigenvalue weighted by atomic mass is 10.1. The zero-order chi connectivity index (χ0) is 18.1. The van der Waals surface area contributed by atoms with Gasteiger partial charge in [0.15, 0.2) is 5.43 Å². The van der Waals surface area contributed by atoms with Crippen molar-refractivity contribution in [2.24, 2.45) is 0 Å². The third kappa shape index (κ3) is 2.84. The molecule has 1 amide bonds. The Hall–Kier alpha value is -3.47. The number of carbonyl (C=O) groups is 1. The Morgan fingerprint density at radius 1 is 1.00 bits per heavy atom. The number of hydrogen-bond acceptors (Lipinski definition) is 3. The number of hydrogen-bond donors (Lipinski definition) is 1. The summed E-state index contributed by atoms with van der Waals surface area (Å²) in [5.41, 5.74) is 2.48. The first-order valence-electron chi connectivity index (χ1n) is 8.36. The lowest BCUT2D eigenvalue weighted by molar-refractivity contribution is -0.116. The number of carbonyl (C=O) groups excluding carboxylic acids is 1. The van der Waals surface area contributed by atoms with Crippen LogP contribution in [-0.2, 0) is 11.3 Å². The Labute approximate surface area is 149 Å². The molecule has 4 rings (SSSR count). The number of aryl methyl sites for hydroxylation is 1. The number of nitrogens with one attached hydrogen (secondary N) is 1. The second kappa shape index (κ2) is 6.44. The molecule has 26 heavy (non-hydrogen) atoms. The van der Waals surface area contributed by atoms with E-state index in [9.17, 15) is 9.59 Å². The average Bonchev–Trinajstić information content (AvgIpc) is 2.66. The number of benzene rings is 2. The summed E-state index contributed by atoms with van der Waals surface area (Å²) in [4.78, 5) is 29.5. The van der Waals surface area contributed by atoms with Crippen molar-refractivity contribution in [2.45, 2.75) is 13.5 Å². The molecule has 0 aliphatic rings. The van der Waals surface area contributed by atoms with Gasteiger partial charge in [0.25, 0.3) is 0 Å². The molecule has 0 aliphatic carbocycles. The van der Waals surface area contributed by atoms with Crippen LogP contribution in [0.4, 0.5) is 5.82 Å². The fourth-order valence-electron chi connectivity index (χ4n) is 3.18. The van der Waals surface area contributed by atoms with E-state index < -0.39 is 0 Å². The molecule has 2 heterocycles. The standard InChI is InChI=1S/C21H17N3O2/c1-14-9-10-18-16(12-14)21(26)15-6-2-3-7-17(15)24(18)13-20(25)23-19-8-4-5-11-22-19/h2-12H,13H2,1H3,(H,22,23,25). The Morgan fingerprint density at radius 2 is 1.77 bits per heavy atom. The SMILES string of the molecule is Cc1ccc2c(c1)c(=O)c1ccccc1n2CC(=O)Nc1ccccn1. The molecule has 128 valence electrons. The molecular formula is C21H17N3O2. The number of pyridine rings is 2. The number of para-hydroxylation sites is 1. The average molecular weight is 343 g/mol. The van der Waals surface area contributed by atoms with Crippen molar-refractivity contribution >= 4 is 33.5 Å². The predicted molar refractivity (Wildman–Crippen MR) is 103 cm³/mol. The van der Waals surface area contributed by atoms with Crippen molar-refractivity contribution in [3.8, 4) is 0 Å².